The molecule has 1 saturated carbocycles. The lowest BCUT2D eigenvalue weighted by Crippen LogP contribution is -2.44. The molecule has 5 heteroatoms. The lowest BCUT2D eigenvalue weighted by molar-refractivity contribution is -0.138. The second kappa shape index (κ2) is 5.04. The molecule has 2 fully saturated rings. The summed E-state index contributed by atoms with van der Waals surface area (Å²) in [5.41, 5.74) is 5.23. The molecule has 0 aromatic carbocycles. The maximum atomic E-state index is 12.0. The van der Waals surface area contributed by atoms with E-state index in [9.17, 15) is 9.59 Å². The van der Waals surface area contributed by atoms with Crippen LogP contribution in [-0.2, 0) is 9.59 Å². The molecular formula is C12H21N3O2. The average molecular weight is 239 g/mol. The van der Waals surface area contributed by atoms with Gasteiger partial charge in [-0.15, -0.1) is 0 Å². The van der Waals surface area contributed by atoms with E-state index < -0.39 is 11.8 Å². The van der Waals surface area contributed by atoms with Gasteiger partial charge >= 0.3 is 0 Å². The molecule has 0 aromatic heterocycles. The summed E-state index contributed by atoms with van der Waals surface area (Å²) in [6, 6.07) is 0.896. The SMILES string of the molecule is CNC1CCC(N2CCC(C(N)=O)C2=O)CC1. The van der Waals surface area contributed by atoms with Crippen LogP contribution in [0.15, 0.2) is 0 Å². The molecule has 5 nitrogen and oxygen atoms in total. The molecule has 17 heavy (non-hydrogen) atoms. The maximum absolute atomic E-state index is 12.0. The first-order valence-electron chi connectivity index (χ1n) is 6.40. The van der Waals surface area contributed by atoms with Crippen molar-refractivity contribution in [2.75, 3.05) is 13.6 Å². The third-order valence-corrected chi connectivity index (χ3v) is 4.13. The van der Waals surface area contributed by atoms with Gasteiger partial charge in [-0.05, 0) is 39.2 Å². The Kier molecular flexibility index (Phi) is 3.66. The third kappa shape index (κ3) is 2.44. The van der Waals surface area contributed by atoms with Gasteiger partial charge in [0.1, 0.15) is 5.92 Å². The summed E-state index contributed by atoms with van der Waals surface area (Å²) in [6.07, 6.45) is 4.87. The van der Waals surface area contributed by atoms with Gasteiger partial charge < -0.3 is 16.0 Å². The molecule has 2 rings (SSSR count). The molecule has 1 saturated heterocycles. The Bertz CT molecular complexity index is 311. The van der Waals surface area contributed by atoms with E-state index >= 15 is 0 Å². The highest BCUT2D eigenvalue weighted by molar-refractivity contribution is 6.01. The molecular weight excluding hydrogens is 218 g/mol. The van der Waals surface area contributed by atoms with Gasteiger partial charge in [-0.3, -0.25) is 9.59 Å². The minimum Gasteiger partial charge on any atom is -0.369 e. The van der Waals surface area contributed by atoms with Crippen molar-refractivity contribution in [3.8, 4) is 0 Å². The van der Waals surface area contributed by atoms with E-state index in [1.807, 2.05) is 11.9 Å². The fraction of sp³-hybridized carbons (Fsp3) is 0.833. The van der Waals surface area contributed by atoms with Crippen molar-refractivity contribution in [2.24, 2.45) is 11.7 Å². The molecule has 1 unspecified atom stereocenters. The summed E-state index contributed by atoms with van der Waals surface area (Å²) in [4.78, 5) is 25.0. The van der Waals surface area contributed by atoms with E-state index in [0.29, 0.717) is 25.0 Å². The predicted molar refractivity (Wildman–Crippen MR) is 64.1 cm³/mol. The zero-order valence-electron chi connectivity index (χ0n) is 10.3. The molecule has 1 aliphatic heterocycles. The van der Waals surface area contributed by atoms with Crippen LogP contribution in [0.4, 0.5) is 0 Å². The number of nitrogens with one attached hydrogen (secondary N) is 1. The van der Waals surface area contributed by atoms with Crippen LogP contribution in [0.3, 0.4) is 0 Å². The quantitative estimate of drug-likeness (QED) is 0.673. The largest absolute Gasteiger partial charge is 0.369 e. The third-order valence-electron chi connectivity index (χ3n) is 4.13. The Morgan fingerprint density at radius 2 is 1.94 bits per heavy atom. The van der Waals surface area contributed by atoms with E-state index in [0.717, 1.165) is 25.7 Å². The van der Waals surface area contributed by atoms with Crippen molar-refractivity contribution < 1.29 is 9.59 Å². The van der Waals surface area contributed by atoms with E-state index in [1.54, 1.807) is 0 Å². The number of carbonyl (C=O) groups excluding carboxylic acids is 2. The number of amides is 2. The van der Waals surface area contributed by atoms with Crippen LogP contribution in [0.1, 0.15) is 32.1 Å². The summed E-state index contributed by atoms with van der Waals surface area (Å²) in [5.74, 6) is -1.09. The van der Waals surface area contributed by atoms with Crippen LogP contribution in [0.25, 0.3) is 0 Å². The molecule has 0 spiro atoms. The summed E-state index contributed by atoms with van der Waals surface area (Å²) in [6.45, 7) is 0.696. The Balaban J connectivity index is 1.92. The molecule has 2 aliphatic rings. The number of likely N-dealkylation sites (tertiary alicyclic amines) is 1. The molecule has 3 N–H and O–H groups in total. The fourth-order valence-electron chi connectivity index (χ4n) is 3.00. The van der Waals surface area contributed by atoms with Crippen molar-refractivity contribution in [3.05, 3.63) is 0 Å². The molecule has 1 heterocycles. The number of carbonyl (C=O) groups is 2. The molecule has 1 atom stereocenters. The standard InChI is InChI=1S/C12H21N3O2/c1-14-8-2-4-9(5-3-8)15-7-6-10(11(13)16)12(15)17/h8-10,14H,2-7H2,1H3,(H2,13,16). The number of hydrogen-bond donors (Lipinski definition) is 2. The first kappa shape index (κ1) is 12.4. The van der Waals surface area contributed by atoms with Crippen molar-refractivity contribution in [1.82, 2.24) is 10.2 Å². The molecule has 0 bridgehead atoms. The van der Waals surface area contributed by atoms with Crippen LogP contribution >= 0.6 is 0 Å². The summed E-state index contributed by atoms with van der Waals surface area (Å²) < 4.78 is 0. The van der Waals surface area contributed by atoms with Crippen LogP contribution in [-0.4, -0.2) is 42.4 Å². The topological polar surface area (TPSA) is 75.4 Å². The zero-order chi connectivity index (χ0) is 12.4. The monoisotopic (exact) mass is 239 g/mol. The number of nitrogens with two attached hydrogens (primary N) is 1. The number of nitrogens with zero attached hydrogens (tertiary/aromatic N) is 1. The van der Waals surface area contributed by atoms with Crippen molar-refractivity contribution in [1.29, 1.82) is 0 Å². The summed E-state index contributed by atoms with van der Waals surface area (Å²) in [5, 5.41) is 3.28. The van der Waals surface area contributed by atoms with Crippen LogP contribution in [0, 0.1) is 5.92 Å². The first-order chi connectivity index (χ1) is 8.13. The van der Waals surface area contributed by atoms with E-state index in [4.69, 9.17) is 5.73 Å². The van der Waals surface area contributed by atoms with Gasteiger partial charge in [0.15, 0.2) is 0 Å². The number of hydrogen-bond acceptors (Lipinski definition) is 3. The number of primary amides is 1. The highest BCUT2D eigenvalue weighted by Crippen LogP contribution is 2.28. The van der Waals surface area contributed by atoms with Gasteiger partial charge in [0.05, 0.1) is 0 Å². The minimum atomic E-state index is -0.572. The van der Waals surface area contributed by atoms with Crippen LogP contribution < -0.4 is 11.1 Å². The normalized spacial score (nSPS) is 34.1. The van der Waals surface area contributed by atoms with Gasteiger partial charge in [-0.25, -0.2) is 0 Å². The number of rotatable bonds is 3. The van der Waals surface area contributed by atoms with E-state index in [2.05, 4.69) is 5.32 Å². The van der Waals surface area contributed by atoms with Crippen molar-refractivity contribution in [3.63, 3.8) is 0 Å². The van der Waals surface area contributed by atoms with Gasteiger partial charge in [0.2, 0.25) is 11.8 Å². The van der Waals surface area contributed by atoms with E-state index in [-0.39, 0.29) is 5.91 Å². The Hall–Kier alpha value is -1.10. The molecule has 2 amide bonds. The van der Waals surface area contributed by atoms with Crippen LogP contribution in [0.5, 0.6) is 0 Å². The summed E-state index contributed by atoms with van der Waals surface area (Å²) >= 11 is 0. The zero-order valence-corrected chi connectivity index (χ0v) is 10.3. The second-order valence-corrected chi connectivity index (χ2v) is 5.07. The average Bonchev–Trinajstić information content (AvgIpc) is 2.71. The Labute approximate surface area is 102 Å². The molecule has 0 aromatic rings. The maximum Gasteiger partial charge on any atom is 0.235 e. The van der Waals surface area contributed by atoms with Crippen LogP contribution in [0.2, 0.25) is 0 Å². The van der Waals surface area contributed by atoms with Gasteiger partial charge in [-0.2, -0.15) is 0 Å². The lowest BCUT2D eigenvalue weighted by atomic mass is 9.90. The Morgan fingerprint density at radius 1 is 1.29 bits per heavy atom. The lowest BCUT2D eigenvalue weighted by Gasteiger charge is -2.34. The molecule has 96 valence electrons. The highest BCUT2D eigenvalue weighted by Gasteiger charge is 2.39. The van der Waals surface area contributed by atoms with E-state index in [1.165, 1.54) is 0 Å². The fourth-order valence-corrected chi connectivity index (χ4v) is 3.00. The smallest absolute Gasteiger partial charge is 0.235 e. The molecule has 0 radical (unpaired) electrons. The van der Waals surface area contributed by atoms with Gasteiger partial charge in [-0.1, -0.05) is 0 Å². The second-order valence-electron chi connectivity index (χ2n) is 5.07. The van der Waals surface area contributed by atoms with Gasteiger partial charge in [0, 0.05) is 18.6 Å². The van der Waals surface area contributed by atoms with Crippen molar-refractivity contribution >= 4 is 11.8 Å². The van der Waals surface area contributed by atoms with Gasteiger partial charge in [0.25, 0.3) is 0 Å². The molecule has 1 aliphatic carbocycles. The van der Waals surface area contributed by atoms with Crippen molar-refractivity contribution in [2.45, 2.75) is 44.2 Å². The minimum absolute atomic E-state index is 0.0505. The summed E-state index contributed by atoms with van der Waals surface area (Å²) in [7, 11) is 1.98. The first-order valence-corrected chi connectivity index (χ1v) is 6.40. The predicted octanol–water partition coefficient (Wildman–Crippen LogP) is -0.149. The highest BCUT2D eigenvalue weighted by atomic mass is 16.2. The Morgan fingerprint density at radius 3 is 2.41 bits per heavy atom.